The van der Waals surface area contributed by atoms with Gasteiger partial charge in [0.15, 0.2) is 0 Å². The summed E-state index contributed by atoms with van der Waals surface area (Å²) < 4.78 is 5.40. The highest BCUT2D eigenvalue weighted by atomic mass is 16.6. The minimum atomic E-state index is -0.474. The minimum Gasteiger partial charge on any atom is -0.404 e. The molecule has 1 aliphatic heterocycles. The lowest BCUT2D eigenvalue weighted by Gasteiger charge is -2.33. The third-order valence-electron chi connectivity index (χ3n) is 3.54. The van der Waals surface area contributed by atoms with Crippen molar-refractivity contribution >= 4 is 5.88 Å². The fraction of sp³-hybridized carbons (Fsp3) is 0.692. The van der Waals surface area contributed by atoms with Gasteiger partial charge in [0.1, 0.15) is 10.7 Å². The first-order chi connectivity index (χ1) is 9.22. The summed E-state index contributed by atoms with van der Waals surface area (Å²) in [4.78, 5) is 12.6. The van der Waals surface area contributed by atoms with E-state index < -0.39 is 4.92 Å². The molecule has 1 aliphatic rings. The molecular formula is C13H21N3O3. The molecule has 0 spiro atoms. The van der Waals surface area contributed by atoms with E-state index in [1.807, 2.05) is 0 Å². The van der Waals surface area contributed by atoms with Gasteiger partial charge in [0.25, 0.3) is 0 Å². The van der Waals surface area contributed by atoms with Crippen LogP contribution in [0.15, 0.2) is 16.5 Å². The summed E-state index contributed by atoms with van der Waals surface area (Å²) in [6.07, 6.45) is 3.20. The number of hydrogen-bond acceptors (Lipinski definition) is 5. The van der Waals surface area contributed by atoms with Gasteiger partial charge in [-0.1, -0.05) is 19.8 Å². The molecule has 2 heterocycles. The molecule has 0 aliphatic carbocycles. The zero-order valence-electron chi connectivity index (χ0n) is 11.3. The van der Waals surface area contributed by atoms with Crippen LogP contribution in [0.1, 0.15) is 38.0 Å². The summed E-state index contributed by atoms with van der Waals surface area (Å²) in [5.41, 5.74) is 0. The van der Waals surface area contributed by atoms with Gasteiger partial charge in [-0.25, -0.2) is 0 Å². The van der Waals surface area contributed by atoms with E-state index >= 15 is 0 Å². The van der Waals surface area contributed by atoms with E-state index in [0.717, 1.165) is 51.2 Å². The highest BCUT2D eigenvalue weighted by Gasteiger charge is 2.26. The standard InChI is InChI=1S/C13H21N3O3/c1-2-3-4-11(15-9-7-14-8-10-15)12-5-6-13(19-12)16(17)18/h5-6,11,14H,2-4,7-10H2,1H3/t11-/m0/s1. The average molecular weight is 267 g/mol. The Morgan fingerprint density at radius 3 is 2.79 bits per heavy atom. The molecule has 0 unspecified atom stereocenters. The van der Waals surface area contributed by atoms with Crippen molar-refractivity contribution in [3.63, 3.8) is 0 Å². The van der Waals surface area contributed by atoms with Crippen LogP contribution >= 0.6 is 0 Å². The molecule has 2 rings (SSSR count). The van der Waals surface area contributed by atoms with Crippen molar-refractivity contribution in [2.24, 2.45) is 0 Å². The smallest absolute Gasteiger partial charge is 0.404 e. The third kappa shape index (κ3) is 3.54. The fourth-order valence-electron chi connectivity index (χ4n) is 2.52. The monoisotopic (exact) mass is 267 g/mol. The lowest BCUT2D eigenvalue weighted by atomic mass is 10.0. The van der Waals surface area contributed by atoms with Gasteiger partial charge in [0.05, 0.1) is 12.1 Å². The van der Waals surface area contributed by atoms with E-state index in [1.54, 1.807) is 6.07 Å². The SMILES string of the molecule is CCCC[C@@H](c1ccc([N+](=O)[O-])o1)N1CCNCC1. The van der Waals surface area contributed by atoms with Crippen molar-refractivity contribution < 1.29 is 9.34 Å². The minimum absolute atomic E-state index is 0.161. The molecule has 1 aromatic rings. The first kappa shape index (κ1) is 14.0. The second-order valence-electron chi connectivity index (χ2n) is 4.88. The van der Waals surface area contributed by atoms with E-state index in [1.165, 1.54) is 6.07 Å². The Morgan fingerprint density at radius 2 is 2.21 bits per heavy atom. The molecule has 6 nitrogen and oxygen atoms in total. The molecule has 0 saturated carbocycles. The van der Waals surface area contributed by atoms with Crippen LogP contribution in [-0.4, -0.2) is 36.0 Å². The molecule has 1 saturated heterocycles. The predicted molar refractivity (Wildman–Crippen MR) is 72.1 cm³/mol. The molecule has 1 fully saturated rings. The van der Waals surface area contributed by atoms with E-state index in [4.69, 9.17) is 4.42 Å². The average Bonchev–Trinajstić information content (AvgIpc) is 2.90. The summed E-state index contributed by atoms with van der Waals surface area (Å²) in [7, 11) is 0. The predicted octanol–water partition coefficient (Wildman–Crippen LogP) is 2.32. The number of piperazine rings is 1. The Morgan fingerprint density at radius 1 is 1.47 bits per heavy atom. The Labute approximate surface area is 112 Å². The Bertz CT molecular complexity index is 413. The lowest BCUT2D eigenvalue weighted by molar-refractivity contribution is -0.402. The van der Waals surface area contributed by atoms with E-state index in [2.05, 4.69) is 17.1 Å². The molecule has 19 heavy (non-hydrogen) atoms. The molecule has 1 atom stereocenters. The van der Waals surface area contributed by atoms with E-state index in [0.29, 0.717) is 0 Å². The van der Waals surface area contributed by atoms with Gasteiger partial charge in [-0.2, -0.15) is 0 Å². The van der Waals surface area contributed by atoms with Crippen molar-refractivity contribution in [3.05, 3.63) is 28.0 Å². The van der Waals surface area contributed by atoms with Crippen molar-refractivity contribution in [1.29, 1.82) is 0 Å². The second kappa shape index (κ2) is 6.68. The number of nitrogens with one attached hydrogen (secondary N) is 1. The number of furan rings is 1. The van der Waals surface area contributed by atoms with Crippen LogP contribution in [-0.2, 0) is 0 Å². The van der Waals surface area contributed by atoms with Gasteiger partial charge in [-0.15, -0.1) is 0 Å². The van der Waals surface area contributed by atoms with Crippen LogP contribution in [0, 0.1) is 10.1 Å². The lowest BCUT2D eigenvalue weighted by Crippen LogP contribution is -2.45. The van der Waals surface area contributed by atoms with Crippen molar-refractivity contribution in [3.8, 4) is 0 Å². The van der Waals surface area contributed by atoms with Crippen LogP contribution in [0.5, 0.6) is 0 Å². The van der Waals surface area contributed by atoms with Crippen LogP contribution in [0.25, 0.3) is 0 Å². The van der Waals surface area contributed by atoms with E-state index in [9.17, 15) is 10.1 Å². The Kier molecular flexibility index (Phi) is 4.93. The number of nitrogens with zero attached hydrogens (tertiary/aromatic N) is 2. The highest BCUT2D eigenvalue weighted by molar-refractivity contribution is 5.20. The first-order valence-electron chi connectivity index (χ1n) is 6.91. The van der Waals surface area contributed by atoms with Crippen molar-refractivity contribution in [1.82, 2.24) is 10.2 Å². The Hall–Kier alpha value is -1.40. The number of hydrogen-bond donors (Lipinski definition) is 1. The summed E-state index contributed by atoms with van der Waals surface area (Å²) in [5.74, 6) is 0.564. The third-order valence-corrected chi connectivity index (χ3v) is 3.54. The maximum Gasteiger partial charge on any atom is 0.433 e. The fourth-order valence-corrected chi connectivity index (χ4v) is 2.52. The maximum absolute atomic E-state index is 10.7. The molecule has 0 amide bonds. The molecule has 0 aromatic carbocycles. The summed E-state index contributed by atoms with van der Waals surface area (Å²) in [5, 5.41) is 14.0. The maximum atomic E-state index is 10.7. The normalized spacial score (nSPS) is 18.4. The van der Waals surface area contributed by atoms with Gasteiger partial charge in [0.2, 0.25) is 0 Å². The first-order valence-corrected chi connectivity index (χ1v) is 6.91. The molecule has 1 N–H and O–H groups in total. The quantitative estimate of drug-likeness (QED) is 0.632. The van der Waals surface area contributed by atoms with Crippen LogP contribution < -0.4 is 5.32 Å². The van der Waals surface area contributed by atoms with E-state index in [-0.39, 0.29) is 11.9 Å². The largest absolute Gasteiger partial charge is 0.433 e. The number of nitro groups is 1. The molecule has 1 aromatic heterocycles. The summed E-state index contributed by atoms with van der Waals surface area (Å²) >= 11 is 0. The molecule has 106 valence electrons. The zero-order valence-corrected chi connectivity index (χ0v) is 11.3. The Balaban J connectivity index is 2.12. The highest BCUT2D eigenvalue weighted by Crippen LogP contribution is 2.30. The number of unbranched alkanes of at least 4 members (excludes halogenated alkanes) is 1. The molecular weight excluding hydrogens is 246 g/mol. The molecule has 0 radical (unpaired) electrons. The van der Waals surface area contributed by atoms with Gasteiger partial charge in [0, 0.05) is 26.2 Å². The van der Waals surface area contributed by atoms with Gasteiger partial charge in [-0.3, -0.25) is 15.0 Å². The van der Waals surface area contributed by atoms with Crippen molar-refractivity contribution in [2.45, 2.75) is 32.2 Å². The van der Waals surface area contributed by atoms with Crippen LogP contribution in [0.2, 0.25) is 0 Å². The van der Waals surface area contributed by atoms with Gasteiger partial charge >= 0.3 is 5.88 Å². The van der Waals surface area contributed by atoms with Gasteiger partial charge in [-0.05, 0) is 12.5 Å². The van der Waals surface area contributed by atoms with Crippen LogP contribution in [0.4, 0.5) is 5.88 Å². The van der Waals surface area contributed by atoms with Crippen molar-refractivity contribution in [2.75, 3.05) is 26.2 Å². The zero-order chi connectivity index (χ0) is 13.7. The molecule has 6 heteroatoms. The number of rotatable bonds is 6. The second-order valence-corrected chi connectivity index (χ2v) is 4.88. The topological polar surface area (TPSA) is 71.5 Å². The summed E-state index contributed by atoms with van der Waals surface area (Å²) in [6.45, 7) is 6.00. The molecule has 0 bridgehead atoms. The van der Waals surface area contributed by atoms with Crippen LogP contribution in [0.3, 0.4) is 0 Å². The van der Waals surface area contributed by atoms with Gasteiger partial charge < -0.3 is 9.73 Å². The summed E-state index contributed by atoms with van der Waals surface area (Å²) in [6, 6.07) is 3.37.